The summed E-state index contributed by atoms with van der Waals surface area (Å²) in [6, 6.07) is 12.7. The van der Waals surface area contributed by atoms with Crippen molar-refractivity contribution < 1.29 is 13.2 Å². The molecule has 0 bridgehead atoms. The fourth-order valence-corrected chi connectivity index (χ4v) is 5.31. The molecule has 0 saturated heterocycles. The van der Waals surface area contributed by atoms with E-state index in [1.807, 2.05) is 31.2 Å². The molecule has 1 aromatic heterocycles. The van der Waals surface area contributed by atoms with Crippen molar-refractivity contribution in [3.05, 3.63) is 57.7 Å². The van der Waals surface area contributed by atoms with Crippen molar-refractivity contribution in [1.82, 2.24) is 9.29 Å². The number of hydrogen-bond donors (Lipinski definition) is 1. The molecule has 8 heteroatoms. The molecule has 0 spiro atoms. The van der Waals surface area contributed by atoms with Crippen LogP contribution < -0.4 is 14.3 Å². The number of nitrogens with zero attached hydrogens (tertiary/aromatic N) is 1. The van der Waals surface area contributed by atoms with E-state index < -0.39 is 10.0 Å². The van der Waals surface area contributed by atoms with Gasteiger partial charge in [0.25, 0.3) is 0 Å². The SMILES string of the molecule is CCCOc1ccccc1CCCNS(=O)(=O)c1ccc2c(c1)sc(=O)n2CC. The van der Waals surface area contributed by atoms with Crippen molar-refractivity contribution in [3.8, 4) is 5.75 Å². The minimum Gasteiger partial charge on any atom is -0.493 e. The van der Waals surface area contributed by atoms with E-state index >= 15 is 0 Å². The average Bonchev–Trinajstić information content (AvgIpc) is 3.04. The van der Waals surface area contributed by atoms with Crippen LogP contribution in [0.3, 0.4) is 0 Å². The van der Waals surface area contributed by atoms with Crippen molar-refractivity contribution in [1.29, 1.82) is 0 Å². The van der Waals surface area contributed by atoms with Gasteiger partial charge in [-0.2, -0.15) is 0 Å². The molecule has 1 heterocycles. The van der Waals surface area contributed by atoms with Crippen molar-refractivity contribution in [2.45, 2.75) is 44.6 Å². The smallest absolute Gasteiger partial charge is 0.308 e. The molecule has 156 valence electrons. The van der Waals surface area contributed by atoms with E-state index in [1.165, 1.54) is 0 Å². The molecule has 0 unspecified atom stereocenters. The number of para-hydroxylation sites is 1. The third kappa shape index (κ3) is 5.07. The van der Waals surface area contributed by atoms with Crippen LogP contribution in [0.4, 0.5) is 0 Å². The Morgan fingerprint density at radius 2 is 1.93 bits per heavy atom. The van der Waals surface area contributed by atoms with Gasteiger partial charge in [-0.15, -0.1) is 0 Å². The van der Waals surface area contributed by atoms with E-state index in [0.29, 0.717) is 30.8 Å². The minimum atomic E-state index is -3.63. The highest BCUT2D eigenvalue weighted by atomic mass is 32.2. The molecule has 0 radical (unpaired) electrons. The molecule has 6 nitrogen and oxygen atoms in total. The summed E-state index contributed by atoms with van der Waals surface area (Å²) in [4.78, 5) is 12.1. The van der Waals surface area contributed by atoms with Gasteiger partial charge in [-0.1, -0.05) is 36.5 Å². The molecule has 2 aromatic carbocycles. The molecule has 29 heavy (non-hydrogen) atoms. The summed E-state index contributed by atoms with van der Waals surface area (Å²) in [5.41, 5.74) is 1.84. The summed E-state index contributed by atoms with van der Waals surface area (Å²) in [6.07, 6.45) is 2.32. The molecular weight excluding hydrogens is 408 g/mol. The molecule has 3 rings (SSSR count). The molecule has 0 fully saturated rings. The fraction of sp³-hybridized carbons (Fsp3) is 0.381. The number of aromatic nitrogens is 1. The van der Waals surface area contributed by atoms with Gasteiger partial charge in [0.1, 0.15) is 5.75 Å². The van der Waals surface area contributed by atoms with Crippen molar-refractivity contribution >= 4 is 31.6 Å². The highest BCUT2D eigenvalue weighted by Gasteiger charge is 2.16. The van der Waals surface area contributed by atoms with Crippen LogP contribution in [0.1, 0.15) is 32.3 Å². The molecule has 0 aliphatic rings. The first-order valence-corrected chi connectivity index (χ1v) is 12.1. The van der Waals surface area contributed by atoms with E-state index in [4.69, 9.17) is 4.74 Å². The van der Waals surface area contributed by atoms with E-state index in [1.54, 1.807) is 22.8 Å². The van der Waals surface area contributed by atoms with Gasteiger partial charge in [0, 0.05) is 13.1 Å². The van der Waals surface area contributed by atoms with Gasteiger partial charge in [0.05, 0.1) is 21.7 Å². The zero-order valence-corrected chi connectivity index (χ0v) is 18.3. The van der Waals surface area contributed by atoms with Crippen LogP contribution in [0.5, 0.6) is 5.75 Å². The number of aryl methyl sites for hydroxylation is 2. The normalized spacial score (nSPS) is 11.8. The van der Waals surface area contributed by atoms with Crippen LogP contribution in [0.15, 0.2) is 52.2 Å². The van der Waals surface area contributed by atoms with Crippen molar-refractivity contribution in [2.24, 2.45) is 0 Å². The Bertz CT molecular complexity index is 1130. The molecule has 0 amide bonds. The Hall–Kier alpha value is -2.16. The van der Waals surface area contributed by atoms with Crippen molar-refractivity contribution in [3.63, 3.8) is 0 Å². The summed E-state index contributed by atoms with van der Waals surface area (Å²) in [5, 5.41) is 0. The van der Waals surface area contributed by atoms with E-state index in [0.717, 1.165) is 41.0 Å². The maximum Gasteiger partial charge on any atom is 0.308 e. The Morgan fingerprint density at radius 3 is 2.69 bits per heavy atom. The fourth-order valence-electron chi connectivity index (χ4n) is 3.15. The molecule has 0 atom stereocenters. The Morgan fingerprint density at radius 1 is 1.14 bits per heavy atom. The lowest BCUT2D eigenvalue weighted by Gasteiger charge is -2.11. The van der Waals surface area contributed by atoms with Gasteiger partial charge in [-0.3, -0.25) is 9.36 Å². The number of thiazole rings is 1. The standard InChI is InChI=1S/C21H26N2O4S2/c1-3-14-27-19-10-6-5-8-16(19)9-7-13-22-29(25,26)17-11-12-18-20(15-17)28-21(24)23(18)4-2/h5-6,8,10-12,15,22H,3-4,7,9,13-14H2,1-2H3. The van der Waals surface area contributed by atoms with Crippen LogP contribution in [-0.4, -0.2) is 26.1 Å². The van der Waals surface area contributed by atoms with E-state index in [2.05, 4.69) is 11.6 Å². The van der Waals surface area contributed by atoms with Crippen LogP contribution in [0.2, 0.25) is 0 Å². The number of hydrogen-bond acceptors (Lipinski definition) is 5. The zero-order chi connectivity index (χ0) is 20.9. The second-order valence-electron chi connectivity index (χ2n) is 6.70. The van der Waals surface area contributed by atoms with Crippen LogP contribution >= 0.6 is 11.3 Å². The number of nitrogens with one attached hydrogen (secondary N) is 1. The predicted molar refractivity (Wildman–Crippen MR) is 117 cm³/mol. The summed E-state index contributed by atoms with van der Waals surface area (Å²) < 4.78 is 36.0. The lowest BCUT2D eigenvalue weighted by molar-refractivity contribution is 0.314. The minimum absolute atomic E-state index is 0.0750. The maximum absolute atomic E-state index is 12.6. The second kappa shape index (κ2) is 9.56. The Labute approximate surface area is 175 Å². The number of rotatable bonds is 10. The van der Waals surface area contributed by atoms with E-state index in [9.17, 15) is 13.2 Å². The molecule has 3 aromatic rings. The van der Waals surface area contributed by atoms with E-state index in [-0.39, 0.29) is 9.77 Å². The summed E-state index contributed by atoms with van der Waals surface area (Å²) in [7, 11) is -3.63. The predicted octanol–water partition coefficient (Wildman–Crippen LogP) is 3.78. The highest BCUT2D eigenvalue weighted by molar-refractivity contribution is 7.89. The lowest BCUT2D eigenvalue weighted by atomic mass is 10.1. The summed E-state index contributed by atoms with van der Waals surface area (Å²) in [6.45, 7) is 5.51. The number of benzene rings is 2. The largest absolute Gasteiger partial charge is 0.493 e. The average molecular weight is 435 g/mol. The van der Waals surface area contributed by atoms with Crippen molar-refractivity contribution in [2.75, 3.05) is 13.2 Å². The molecule has 1 N–H and O–H groups in total. The third-order valence-corrected chi connectivity index (χ3v) is 7.02. The lowest BCUT2D eigenvalue weighted by Crippen LogP contribution is -2.25. The van der Waals surface area contributed by atoms with Crippen LogP contribution in [0, 0.1) is 0 Å². The number of ether oxygens (including phenoxy) is 1. The Balaban J connectivity index is 1.64. The summed E-state index contributed by atoms with van der Waals surface area (Å²) in [5.74, 6) is 0.859. The third-order valence-electron chi connectivity index (χ3n) is 4.62. The van der Waals surface area contributed by atoms with Gasteiger partial charge in [-0.25, -0.2) is 13.1 Å². The molecule has 0 aliphatic carbocycles. The first kappa shape index (κ1) is 21.5. The molecule has 0 saturated carbocycles. The second-order valence-corrected chi connectivity index (χ2v) is 9.46. The maximum atomic E-state index is 12.6. The number of fused-ring (bicyclic) bond motifs is 1. The van der Waals surface area contributed by atoms with Crippen LogP contribution in [-0.2, 0) is 23.0 Å². The monoisotopic (exact) mass is 434 g/mol. The molecular formula is C21H26N2O4S2. The number of sulfonamides is 1. The van der Waals surface area contributed by atoms with Gasteiger partial charge in [0.15, 0.2) is 0 Å². The first-order valence-electron chi connectivity index (χ1n) is 9.80. The van der Waals surface area contributed by atoms with Gasteiger partial charge < -0.3 is 4.74 Å². The quantitative estimate of drug-likeness (QED) is 0.493. The Kier molecular flexibility index (Phi) is 7.10. The van der Waals surface area contributed by atoms with Gasteiger partial charge in [0.2, 0.25) is 10.0 Å². The van der Waals surface area contributed by atoms with Gasteiger partial charge in [-0.05, 0) is 56.0 Å². The summed E-state index contributed by atoms with van der Waals surface area (Å²) >= 11 is 1.07. The van der Waals surface area contributed by atoms with Gasteiger partial charge >= 0.3 is 4.87 Å². The molecule has 0 aliphatic heterocycles. The topological polar surface area (TPSA) is 77.4 Å². The highest BCUT2D eigenvalue weighted by Crippen LogP contribution is 2.22. The first-order chi connectivity index (χ1) is 14.0. The van der Waals surface area contributed by atoms with Crippen LogP contribution in [0.25, 0.3) is 10.2 Å². The zero-order valence-electron chi connectivity index (χ0n) is 16.7.